The van der Waals surface area contributed by atoms with Crippen LogP contribution in [0.1, 0.15) is 18.1 Å². The van der Waals surface area contributed by atoms with Crippen LogP contribution in [0.15, 0.2) is 48.5 Å². The molecule has 3 rings (SSSR count). The first-order valence-electron chi connectivity index (χ1n) is 7.29. The second kappa shape index (κ2) is 6.23. The van der Waals surface area contributed by atoms with Crippen molar-refractivity contribution >= 4 is 11.8 Å². The van der Waals surface area contributed by atoms with Gasteiger partial charge in [-0.3, -0.25) is 0 Å². The van der Waals surface area contributed by atoms with Crippen LogP contribution in [0, 0.1) is 0 Å². The van der Waals surface area contributed by atoms with E-state index in [2.05, 4.69) is 31.2 Å². The summed E-state index contributed by atoms with van der Waals surface area (Å²) in [6.07, 6.45) is 0.217. The number of hydrogen-bond donors (Lipinski definition) is 0. The van der Waals surface area contributed by atoms with Crippen molar-refractivity contribution in [2.45, 2.75) is 18.0 Å². The van der Waals surface area contributed by atoms with Crippen LogP contribution in [0.25, 0.3) is 0 Å². The molecule has 0 aromatic heterocycles. The maximum atomic E-state index is 6.35. The third kappa shape index (κ3) is 2.69. The molecule has 2 aromatic rings. The Morgan fingerprint density at radius 2 is 1.36 bits per heavy atom. The van der Waals surface area contributed by atoms with Crippen molar-refractivity contribution in [1.82, 2.24) is 0 Å². The van der Waals surface area contributed by atoms with Crippen molar-refractivity contribution in [3.63, 3.8) is 0 Å². The van der Waals surface area contributed by atoms with Crippen LogP contribution < -0.4 is 9.47 Å². The fourth-order valence-corrected chi connectivity index (χ4v) is 4.05. The molecule has 1 aliphatic rings. The standard InChI is InChI=1S/C18H20O3S/c1-13-12-22-18(21-13,14-4-8-16(19-2)9-5-14)15-6-10-17(20-3)11-7-15/h4-11,13H,12H2,1-3H3/t13-/m0/s1. The summed E-state index contributed by atoms with van der Waals surface area (Å²) in [5.41, 5.74) is 2.26. The minimum Gasteiger partial charge on any atom is -0.497 e. The van der Waals surface area contributed by atoms with Crippen LogP contribution in [-0.2, 0) is 9.67 Å². The normalized spacial score (nSPS) is 19.9. The molecule has 1 saturated heterocycles. The molecule has 0 N–H and O–H groups in total. The molecule has 0 amide bonds. The van der Waals surface area contributed by atoms with Crippen molar-refractivity contribution < 1.29 is 14.2 Å². The Balaban J connectivity index is 2.03. The molecular formula is C18H20O3S. The van der Waals surface area contributed by atoms with Crippen LogP contribution in [0.5, 0.6) is 11.5 Å². The molecule has 0 aliphatic carbocycles. The van der Waals surface area contributed by atoms with E-state index in [0.29, 0.717) is 0 Å². The van der Waals surface area contributed by atoms with E-state index >= 15 is 0 Å². The SMILES string of the molecule is COc1ccc(C2(c3ccc(OC)cc3)O[C@@H](C)CS2)cc1. The lowest BCUT2D eigenvalue weighted by Gasteiger charge is -2.29. The first-order chi connectivity index (χ1) is 10.7. The van der Waals surface area contributed by atoms with Gasteiger partial charge in [0.15, 0.2) is 4.93 Å². The molecule has 0 unspecified atom stereocenters. The highest BCUT2D eigenvalue weighted by atomic mass is 32.2. The van der Waals surface area contributed by atoms with E-state index in [9.17, 15) is 0 Å². The predicted octanol–water partition coefficient (Wildman–Crippen LogP) is 4.06. The van der Waals surface area contributed by atoms with Crippen molar-refractivity contribution in [2.75, 3.05) is 20.0 Å². The van der Waals surface area contributed by atoms with Crippen molar-refractivity contribution in [2.24, 2.45) is 0 Å². The number of methoxy groups -OCH3 is 2. The fraction of sp³-hybridized carbons (Fsp3) is 0.333. The smallest absolute Gasteiger partial charge is 0.165 e. The summed E-state index contributed by atoms with van der Waals surface area (Å²) >= 11 is 1.83. The van der Waals surface area contributed by atoms with Gasteiger partial charge in [-0.1, -0.05) is 24.3 Å². The summed E-state index contributed by atoms with van der Waals surface area (Å²) in [6, 6.07) is 16.2. The Labute approximate surface area is 135 Å². The highest BCUT2D eigenvalue weighted by Crippen LogP contribution is 2.50. The van der Waals surface area contributed by atoms with Crippen molar-refractivity contribution in [3.8, 4) is 11.5 Å². The predicted molar refractivity (Wildman–Crippen MR) is 89.8 cm³/mol. The Bertz CT molecular complexity index is 574. The number of thioether (sulfide) groups is 1. The van der Waals surface area contributed by atoms with Crippen LogP contribution in [0.4, 0.5) is 0 Å². The quantitative estimate of drug-likeness (QED) is 0.850. The molecule has 2 aromatic carbocycles. The van der Waals surface area contributed by atoms with E-state index in [0.717, 1.165) is 28.4 Å². The van der Waals surface area contributed by atoms with Gasteiger partial charge in [0.05, 0.1) is 20.3 Å². The van der Waals surface area contributed by atoms with E-state index in [1.165, 1.54) is 0 Å². The number of benzene rings is 2. The zero-order valence-electron chi connectivity index (χ0n) is 13.0. The summed E-state index contributed by atoms with van der Waals surface area (Å²) < 4.78 is 16.9. The van der Waals surface area contributed by atoms with Crippen molar-refractivity contribution in [1.29, 1.82) is 0 Å². The first kappa shape index (κ1) is 15.3. The third-order valence-corrected chi connectivity index (χ3v) is 5.44. The summed E-state index contributed by atoms with van der Waals surface area (Å²) in [4.78, 5) is -0.460. The van der Waals surface area contributed by atoms with Gasteiger partial charge in [0.1, 0.15) is 11.5 Å². The Hall–Kier alpha value is -1.65. The molecule has 0 spiro atoms. The van der Waals surface area contributed by atoms with Gasteiger partial charge < -0.3 is 14.2 Å². The monoisotopic (exact) mass is 316 g/mol. The molecule has 1 aliphatic heterocycles. The first-order valence-corrected chi connectivity index (χ1v) is 8.27. The van der Waals surface area contributed by atoms with E-state index in [-0.39, 0.29) is 6.10 Å². The van der Waals surface area contributed by atoms with Gasteiger partial charge in [-0.05, 0) is 42.3 Å². The molecule has 3 nitrogen and oxygen atoms in total. The van der Waals surface area contributed by atoms with Gasteiger partial charge in [0.25, 0.3) is 0 Å². The van der Waals surface area contributed by atoms with Crippen LogP contribution in [0.2, 0.25) is 0 Å². The number of rotatable bonds is 4. The number of ether oxygens (including phenoxy) is 3. The zero-order chi connectivity index (χ0) is 15.6. The van der Waals surface area contributed by atoms with Crippen LogP contribution in [0.3, 0.4) is 0 Å². The second-order valence-electron chi connectivity index (χ2n) is 5.31. The lowest BCUT2D eigenvalue weighted by molar-refractivity contribution is 0.0252. The Kier molecular flexibility index (Phi) is 4.32. The van der Waals surface area contributed by atoms with E-state index in [1.807, 2.05) is 36.0 Å². The molecule has 22 heavy (non-hydrogen) atoms. The van der Waals surface area contributed by atoms with E-state index in [4.69, 9.17) is 14.2 Å². The average Bonchev–Trinajstić information content (AvgIpc) is 2.98. The summed E-state index contributed by atoms with van der Waals surface area (Å²) in [5.74, 6) is 2.67. The summed E-state index contributed by atoms with van der Waals surface area (Å²) in [7, 11) is 3.36. The molecule has 1 fully saturated rings. The topological polar surface area (TPSA) is 27.7 Å². The fourth-order valence-electron chi connectivity index (χ4n) is 2.68. The van der Waals surface area contributed by atoms with Gasteiger partial charge in [-0.25, -0.2) is 0 Å². The van der Waals surface area contributed by atoms with Gasteiger partial charge in [0.2, 0.25) is 0 Å². The molecular weight excluding hydrogens is 296 g/mol. The minimum atomic E-state index is -0.460. The summed E-state index contributed by atoms with van der Waals surface area (Å²) in [5, 5.41) is 0. The van der Waals surface area contributed by atoms with Crippen LogP contribution >= 0.6 is 11.8 Å². The molecule has 1 heterocycles. The highest BCUT2D eigenvalue weighted by Gasteiger charge is 2.42. The second-order valence-corrected chi connectivity index (χ2v) is 6.51. The minimum absolute atomic E-state index is 0.217. The summed E-state index contributed by atoms with van der Waals surface area (Å²) in [6.45, 7) is 2.11. The van der Waals surface area contributed by atoms with Gasteiger partial charge in [-0.2, -0.15) is 0 Å². The van der Waals surface area contributed by atoms with Gasteiger partial charge >= 0.3 is 0 Å². The van der Waals surface area contributed by atoms with Crippen LogP contribution in [-0.4, -0.2) is 26.1 Å². The van der Waals surface area contributed by atoms with E-state index < -0.39 is 4.93 Å². The van der Waals surface area contributed by atoms with Gasteiger partial charge in [0, 0.05) is 5.75 Å². The highest BCUT2D eigenvalue weighted by molar-refractivity contribution is 8.00. The molecule has 0 saturated carbocycles. The molecule has 1 atom stereocenters. The lowest BCUT2D eigenvalue weighted by Crippen LogP contribution is -2.24. The Morgan fingerprint density at radius 1 is 0.909 bits per heavy atom. The average molecular weight is 316 g/mol. The van der Waals surface area contributed by atoms with Crippen molar-refractivity contribution in [3.05, 3.63) is 59.7 Å². The zero-order valence-corrected chi connectivity index (χ0v) is 13.9. The maximum absolute atomic E-state index is 6.35. The maximum Gasteiger partial charge on any atom is 0.165 e. The molecule has 0 radical (unpaired) electrons. The largest absolute Gasteiger partial charge is 0.497 e. The molecule has 0 bridgehead atoms. The molecule has 4 heteroatoms. The lowest BCUT2D eigenvalue weighted by atomic mass is 10.00. The third-order valence-electron chi connectivity index (χ3n) is 3.83. The molecule has 116 valence electrons. The Morgan fingerprint density at radius 3 is 1.68 bits per heavy atom. The van der Waals surface area contributed by atoms with Gasteiger partial charge in [-0.15, -0.1) is 11.8 Å². The van der Waals surface area contributed by atoms with E-state index in [1.54, 1.807) is 14.2 Å². The number of hydrogen-bond acceptors (Lipinski definition) is 4.